The number of halogens is 2. The number of rotatable bonds is 30. The summed E-state index contributed by atoms with van der Waals surface area (Å²) in [7, 11) is 0. The van der Waals surface area contributed by atoms with Gasteiger partial charge in [0.2, 0.25) is 23.6 Å². The van der Waals surface area contributed by atoms with Crippen LogP contribution in [-0.2, 0) is 32.3 Å². The van der Waals surface area contributed by atoms with Crippen molar-refractivity contribution in [2.45, 2.75) is 130 Å². The maximum absolute atomic E-state index is 13.8. The van der Waals surface area contributed by atoms with Gasteiger partial charge in [0.15, 0.2) is 23.8 Å². The second kappa shape index (κ2) is 32.8. The molecule has 0 aromatic heterocycles. The molecule has 418 valence electrons. The molecule has 0 saturated heterocycles. The van der Waals surface area contributed by atoms with Crippen molar-refractivity contribution in [3.05, 3.63) is 94.0 Å². The topological polar surface area (TPSA) is 318 Å². The van der Waals surface area contributed by atoms with E-state index in [-0.39, 0.29) is 98.1 Å². The van der Waals surface area contributed by atoms with E-state index in [0.717, 1.165) is 36.8 Å². The van der Waals surface area contributed by atoms with Gasteiger partial charge in [0.05, 0.1) is 0 Å². The molecule has 0 radical (unpaired) electrons. The van der Waals surface area contributed by atoms with Crippen molar-refractivity contribution in [3.63, 3.8) is 0 Å². The van der Waals surface area contributed by atoms with E-state index >= 15 is 0 Å². The summed E-state index contributed by atoms with van der Waals surface area (Å²) in [5, 5.41) is 56.9. The van der Waals surface area contributed by atoms with Gasteiger partial charge in [-0.05, 0) is 118 Å². The first kappa shape index (κ1) is 63.8. The molecule has 0 spiro atoms. The van der Waals surface area contributed by atoms with Gasteiger partial charge in [-0.1, -0.05) is 81.1 Å². The zero-order valence-corrected chi connectivity index (χ0v) is 46.8. The summed E-state index contributed by atoms with van der Waals surface area (Å²) in [6, 6.07) is 21.4. The molecule has 3 aromatic carbocycles. The lowest BCUT2D eigenvalue weighted by atomic mass is 9.99. The first-order valence-corrected chi connectivity index (χ1v) is 26.9. The number of nitrogens with two attached hydrogens (primary N) is 2. The fourth-order valence-corrected chi connectivity index (χ4v) is 8.01. The molecule has 22 heteroatoms. The van der Waals surface area contributed by atoms with Crippen LogP contribution in [0.25, 0.3) is 0 Å². The molecule has 0 saturated carbocycles. The van der Waals surface area contributed by atoms with Gasteiger partial charge in [0, 0.05) is 111 Å². The average Bonchev–Trinajstić information content (AvgIpc) is 3.36. The molecule has 3 rings (SSSR count). The Morgan fingerprint density at radius 3 is 1.32 bits per heavy atom. The Hall–Kier alpha value is -6.48. The van der Waals surface area contributed by atoms with E-state index in [4.69, 9.17) is 56.3 Å². The lowest BCUT2D eigenvalue weighted by Crippen LogP contribution is -2.49. The molecule has 3 aromatic rings. The van der Waals surface area contributed by atoms with Crippen molar-refractivity contribution in [3.8, 4) is 0 Å². The van der Waals surface area contributed by atoms with Crippen LogP contribution >= 0.6 is 23.2 Å². The number of anilines is 2. The minimum Gasteiger partial charge on any atom is -0.356 e. The Balaban J connectivity index is 1.52. The molecule has 0 heterocycles. The SMILES string of the molecule is CCCC(CNC(=N)NC(=N)Nc1ccc(Cl)cc1)CNC(=O)CCC(=O)N(CCC(C)(C)N)Cc1ccc(CN(CC(C)(N)CC)C(=O)CCC(=O)NCC(CCC)CNC(=N)NC(=N)Nc2ccc(Cl)cc2)cc1. The van der Waals surface area contributed by atoms with Crippen molar-refractivity contribution in [2.24, 2.45) is 23.3 Å². The van der Waals surface area contributed by atoms with Gasteiger partial charge < -0.3 is 53.2 Å². The first-order valence-electron chi connectivity index (χ1n) is 26.1. The van der Waals surface area contributed by atoms with Crippen LogP contribution in [0.15, 0.2) is 72.8 Å². The van der Waals surface area contributed by atoms with Crippen LogP contribution < -0.4 is 54.0 Å². The first-order chi connectivity index (χ1) is 36.0. The van der Waals surface area contributed by atoms with Crippen molar-refractivity contribution in [1.82, 2.24) is 41.7 Å². The summed E-state index contributed by atoms with van der Waals surface area (Å²) in [4.78, 5) is 57.1. The van der Waals surface area contributed by atoms with Gasteiger partial charge in [-0.15, -0.1) is 0 Å². The number of carbonyl (C=O) groups is 4. The van der Waals surface area contributed by atoms with E-state index in [0.29, 0.717) is 73.5 Å². The number of guanidine groups is 4. The average molecular weight is 1090 g/mol. The Kier molecular flexibility index (Phi) is 27.6. The van der Waals surface area contributed by atoms with Crippen LogP contribution in [0.1, 0.15) is 117 Å². The van der Waals surface area contributed by atoms with Gasteiger partial charge in [0.25, 0.3) is 0 Å². The fourth-order valence-electron chi connectivity index (χ4n) is 7.75. The van der Waals surface area contributed by atoms with E-state index < -0.39 is 11.1 Å². The predicted octanol–water partition coefficient (Wildman–Crippen LogP) is 6.85. The normalized spacial score (nSPS) is 12.7. The molecule has 4 amide bonds. The summed E-state index contributed by atoms with van der Waals surface area (Å²) >= 11 is 11.9. The second-order valence-electron chi connectivity index (χ2n) is 20.3. The van der Waals surface area contributed by atoms with Crippen LogP contribution in [0.3, 0.4) is 0 Å². The van der Waals surface area contributed by atoms with Crippen molar-refractivity contribution in [2.75, 3.05) is 49.9 Å². The highest BCUT2D eigenvalue weighted by Crippen LogP contribution is 2.19. The standard InChI is InChI=1S/C54H84Cl2N16O4/c1-7-10-39(32-65-49(57)69-51(59)67-43-20-16-41(55)17-21-43)30-63-45(73)24-26-47(75)71(29-28-53(4,5)61)34-37-12-14-38(15-13-37)35-72(36-54(6,62)9-3)48(76)27-25-46(74)64-31-40(11-8-2)33-66-50(58)70-52(60)68-44-22-18-42(56)19-23-44/h12-23,39-40H,7-11,24-36,61-62H2,1-6H3,(H,63,73)(H,64,74)(H5,57,59,65,67,69)(H5,58,60,66,68,70). The van der Waals surface area contributed by atoms with Crippen LogP contribution in [-0.4, -0.2) is 108 Å². The number of benzene rings is 3. The summed E-state index contributed by atoms with van der Waals surface area (Å²) in [5.41, 5.74) is 14.7. The van der Waals surface area contributed by atoms with E-state index in [1.54, 1.807) is 58.3 Å². The second-order valence-corrected chi connectivity index (χ2v) is 21.2. The van der Waals surface area contributed by atoms with E-state index in [1.807, 2.05) is 65.8 Å². The third kappa shape index (κ3) is 26.8. The molecule has 0 aliphatic rings. The molecule has 0 bridgehead atoms. The third-order valence-corrected chi connectivity index (χ3v) is 12.9. The largest absolute Gasteiger partial charge is 0.356 e. The van der Waals surface area contributed by atoms with Gasteiger partial charge >= 0.3 is 0 Å². The molecular weight excluding hydrogens is 1010 g/mol. The molecule has 3 unspecified atom stereocenters. The zero-order chi connectivity index (χ0) is 56.3. The van der Waals surface area contributed by atoms with Gasteiger partial charge in [-0.3, -0.25) is 51.4 Å². The smallest absolute Gasteiger partial charge is 0.223 e. The van der Waals surface area contributed by atoms with Crippen LogP contribution in [0.2, 0.25) is 10.0 Å². The zero-order valence-electron chi connectivity index (χ0n) is 45.2. The predicted molar refractivity (Wildman–Crippen MR) is 308 cm³/mol. The summed E-state index contributed by atoms with van der Waals surface area (Å²) in [6.45, 7) is 14.5. The number of hydrogen-bond acceptors (Lipinski definition) is 10. The molecule has 20 nitrogen and oxygen atoms in total. The van der Waals surface area contributed by atoms with Crippen LogP contribution in [0, 0.1) is 33.5 Å². The Morgan fingerprint density at radius 2 is 0.934 bits per heavy atom. The molecule has 3 atom stereocenters. The monoisotopic (exact) mass is 1090 g/mol. The molecule has 16 N–H and O–H groups in total. The number of hydrogen-bond donors (Lipinski definition) is 14. The van der Waals surface area contributed by atoms with Gasteiger partial charge in [-0.2, -0.15) is 0 Å². The Bertz CT molecular complexity index is 2340. The number of amides is 4. The van der Waals surface area contributed by atoms with E-state index in [1.165, 1.54) is 0 Å². The summed E-state index contributed by atoms with van der Waals surface area (Å²) < 4.78 is 0. The molecular formula is C54H84Cl2N16O4. The maximum atomic E-state index is 13.8. The van der Waals surface area contributed by atoms with Crippen molar-refractivity contribution < 1.29 is 19.2 Å². The highest BCUT2D eigenvalue weighted by molar-refractivity contribution is 6.31. The minimum atomic E-state index is -0.666. The highest BCUT2D eigenvalue weighted by Gasteiger charge is 2.26. The van der Waals surface area contributed by atoms with E-state index in [9.17, 15) is 19.2 Å². The van der Waals surface area contributed by atoms with Crippen molar-refractivity contribution >= 4 is 82.0 Å². The summed E-state index contributed by atoms with van der Waals surface area (Å²) in [5.74, 6) is -1.18. The number of nitrogens with one attached hydrogen (secondary N) is 12. The van der Waals surface area contributed by atoms with Crippen molar-refractivity contribution in [1.29, 1.82) is 21.6 Å². The molecule has 0 aliphatic heterocycles. The maximum Gasteiger partial charge on any atom is 0.223 e. The molecule has 0 fully saturated rings. The third-order valence-electron chi connectivity index (χ3n) is 12.4. The number of carbonyl (C=O) groups excluding carboxylic acids is 4. The highest BCUT2D eigenvalue weighted by atomic mass is 35.5. The number of nitrogens with zero attached hydrogens (tertiary/aromatic N) is 2. The van der Waals surface area contributed by atoms with E-state index in [2.05, 4.69) is 42.5 Å². The summed E-state index contributed by atoms with van der Waals surface area (Å²) in [6.07, 6.45) is 4.45. The fraction of sp³-hybridized carbons (Fsp3) is 0.519. The molecule has 0 aliphatic carbocycles. The minimum absolute atomic E-state index is 0.00123. The van der Waals surface area contributed by atoms with Crippen LogP contribution in [0.5, 0.6) is 0 Å². The van der Waals surface area contributed by atoms with Gasteiger partial charge in [0.1, 0.15) is 0 Å². The Labute approximate surface area is 459 Å². The van der Waals surface area contributed by atoms with Gasteiger partial charge in [-0.25, -0.2) is 0 Å². The quantitative estimate of drug-likeness (QED) is 0.0241. The lowest BCUT2D eigenvalue weighted by Gasteiger charge is -2.32. The Morgan fingerprint density at radius 1 is 0.553 bits per heavy atom. The molecule has 76 heavy (non-hydrogen) atoms. The lowest BCUT2D eigenvalue weighted by molar-refractivity contribution is -0.135. The van der Waals surface area contributed by atoms with Crippen LogP contribution in [0.4, 0.5) is 11.4 Å².